The molecule has 0 bridgehead atoms. The molecule has 3 rings (SSSR count). The normalized spacial score (nSPS) is 24.6. The van der Waals surface area contributed by atoms with Crippen LogP contribution in [0, 0.1) is 5.92 Å². The van der Waals surface area contributed by atoms with E-state index in [0.717, 1.165) is 36.7 Å². The Labute approximate surface area is 120 Å². The van der Waals surface area contributed by atoms with Crippen molar-refractivity contribution >= 4 is 11.7 Å². The number of carbonyl (C=O) groups excluding carboxylic acids is 1. The van der Waals surface area contributed by atoms with Gasteiger partial charge < -0.3 is 15.0 Å². The number of hydrogen-bond acceptors (Lipinski definition) is 2. The van der Waals surface area contributed by atoms with E-state index >= 15 is 0 Å². The van der Waals surface area contributed by atoms with Crippen LogP contribution in [0.4, 0.5) is 10.5 Å². The van der Waals surface area contributed by atoms with E-state index in [2.05, 4.69) is 5.32 Å². The molecule has 0 radical (unpaired) electrons. The minimum absolute atomic E-state index is 0.0200. The SMILES string of the molecule is CCOc1ccccc1NC(=O)N1CC[C@H]2CCC[C@@H]21. The monoisotopic (exact) mass is 274 g/mol. The molecule has 108 valence electrons. The lowest BCUT2D eigenvalue weighted by Gasteiger charge is -2.24. The first-order valence-corrected chi connectivity index (χ1v) is 7.59. The van der Waals surface area contributed by atoms with Crippen molar-refractivity contribution in [1.82, 2.24) is 4.90 Å². The van der Waals surface area contributed by atoms with Gasteiger partial charge in [-0.05, 0) is 44.2 Å². The number of carbonyl (C=O) groups is 1. The van der Waals surface area contributed by atoms with E-state index in [1.807, 2.05) is 36.1 Å². The van der Waals surface area contributed by atoms with Crippen molar-refractivity contribution < 1.29 is 9.53 Å². The largest absolute Gasteiger partial charge is 0.492 e. The van der Waals surface area contributed by atoms with Crippen LogP contribution in [-0.4, -0.2) is 30.1 Å². The molecule has 1 aliphatic carbocycles. The highest BCUT2D eigenvalue weighted by atomic mass is 16.5. The number of nitrogens with one attached hydrogen (secondary N) is 1. The van der Waals surface area contributed by atoms with Gasteiger partial charge in [0.2, 0.25) is 0 Å². The molecule has 1 saturated heterocycles. The van der Waals surface area contributed by atoms with E-state index in [0.29, 0.717) is 12.6 Å². The molecule has 1 heterocycles. The summed E-state index contributed by atoms with van der Waals surface area (Å²) in [6.07, 6.45) is 4.86. The van der Waals surface area contributed by atoms with Gasteiger partial charge in [0.15, 0.2) is 0 Å². The van der Waals surface area contributed by atoms with E-state index in [1.165, 1.54) is 12.8 Å². The summed E-state index contributed by atoms with van der Waals surface area (Å²) in [5.74, 6) is 1.47. The van der Waals surface area contributed by atoms with E-state index in [9.17, 15) is 4.79 Å². The molecule has 20 heavy (non-hydrogen) atoms. The van der Waals surface area contributed by atoms with Gasteiger partial charge in [-0.15, -0.1) is 0 Å². The predicted octanol–water partition coefficient (Wildman–Crippen LogP) is 3.49. The number of hydrogen-bond donors (Lipinski definition) is 1. The summed E-state index contributed by atoms with van der Waals surface area (Å²) in [5, 5.41) is 3.01. The van der Waals surface area contributed by atoms with E-state index in [4.69, 9.17) is 4.74 Å². The fourth-order valence-electron chi connectivity index (χ4n) is 3.53. The van der Waals surface area contributed by atoms with Gasteiger partial charge in [0.1, 0.15) is 5.75 Å². The quantitative estimate of drug-likeness (QED) is 0.916. The van der Waals surface area contributed by atoms with Crippen molar-refractivity contribution in [2.24, 2.45) is 5.92 Å². The van der Waals surface area contributed by atoms with Gasteiger partial charge in [0.05, 0.1) is 12.3 Å². The summed E-state index contributed by atoms with van der Waals surface area (Å²) in [6.45, 7) is 3.43. The van der Waals surface area contributed by atoms with Gasteiger partial charge in [-0.1, -0.05) is 18.6 Å². The maximum Gasteiger partial charge on any atom is 0.322 e. The minimum atomic E-state index is 0.0200. The van der Waals surface area contributed by atoms with Gasteiger partial charge in [-0.3, -0.25) is 0 Å². The van der Waals surface area contributed by atoms with Crippen LogP contribution in [0.5, 0.6) is 5.75 Å². The van der Waals surface area contributed by atoms with Crippen LogP contribution in [-0.2, 0) is 0 Å². The molecule has 2 amide bonds. The summed E-state index contributed by atoms with van der Waals surface area (Å²) >= 11 is 0. The van der Waals surface area contributed by atoms with Crippen LogP contribution in [0.2, 0.25) is 0 Å². The fourth-order valence-corrected chi connectivity index (χ4v) is 3.53. The highest BCUT2D eigenvalue weighted by molar-refractivity contribution is 5.91. The number of fused-ring (bicyclic) bond motifs is 1. The smallest absolute Gasteiger partial charge is 0.322 e. The Balaban J connectivity index is 1.70. The summed E-state index contributed by atoms with van der Waals surface area (Å²) in [5.41, 5.74) is 0.765. The van der Waals surface area contributed by atoms with Crippen LogP contribution in [0.15, 0.2) is 24.3 Å². The molecular formula is C16H22N2O2. The van der Waals surface area contributed by atoms with Crippen LogP contribution >= 0.6 is 0 Å². The van der Waals surface area contributed by atoms with Crippen molar-refractivity contribution in [3.8, 4) is 5.75 Å². The van der Waals surface area contributed by atoms with Crippen molar-refractivity contribution in [3.63, 3.8) is 0 Å². The number of likely N-dealkylation sites (tertiary alicyclic amines) is 1. The van der Waals surface area contributed by atoms with Crippen molar-refractivity contribution in [2.45, 2.75) is 38.6 Å². The standard InChI is InChI=1S/C16H22N2O2/c1-2-20-15-9-4-3-7-13(15)17-16(19)18-11-10-12-6-5-8-14(12)18/h3-4,7,9,12,14H,2,5-6,8,10-11H2,1H3,(H,17,19)/t12-,14+/m1/s1. The molecule has 1 aliphatic heterocycles. The average Bonchev–Trinajstić information content (AvgIpc) is 3.03. The van der Waals surface area contributed by atoms with E-state index < -0.39 is 0 Å². The predicted molar refractivity (Wildman–Crippen MR) is 79.1 cm³/mol. The van der Waals surface area contributed by atoms with Crippen LogP contribution < -0.4 is 10.1 Å². The molecule has 2 aliphatic rings. The molecule has 1 saturated carbocycles. The molecule has 0 spiro atoms. The zero-order chi connectivity index (χ0) is 13.9. The first-order chi connectivity index (χ1) is 9.79. The summed E-state index contributed by atoms with van der Waals surface area (Å²) in [6, 6.07) is 8.09. The van der Waals surface area contributed by atoms with Gasteiger partial charge in [-0.25, -0.2) is 4.79 Å². The van der Waals surface area contributed by atoms with Crippen molar-refractivity contribution in [2.75, 3.05) is 18.5 Å². The van der Waals surface area contributed by atoms with Gasteiger partial charge in [0.25, 0.3) is 0 Å². The Morgan fingerprint density at radius 1 is 1.35 bits per heavy atom. The Bertz CT molecular complexity index is 489. The Kier molecular flexibility index (Phi) is 3.81. The Morgan fingerprint density at radius 3 is 3.05 bits per heavy atom. The molecule has 1 N–H and O–H groups in total. The van der Waals surface area contributed by atoms with E-state index in [1.54, 1.807) is 0 Å². The molecule has 1 aromatic carbocycles. The molecule has 0 aromatic heterocycles. The third-order valence-corrected chi connectivity index (χ3v) is 4.45. The van der Waals surface area contributed by atoms with Crippen molar-refractivity contribution in [3.05, 3.63) is 24.3 Å². The maximum absolute atomic E-state index is 12.5. The highest BCUT2D eigenvalue weighted by Crippen LogP contribution is 2.38. The van der Waals surface area contributed by atoms with E-state index in [-0.39, 0.29) is 6.03 Å². The van der Waals surface area contributed by atoms with Crippen molar-refractivity contribution in [1.29, 1.82) is 0 Å². The van der Waals surface area contributed by atoms with Gasteiger partial charge in [-0.2, -0.15) is 0 Å². The molecule has 1 aromatic rings. The number of amides is 2. The number of rotatable bonds is 3. The van der Waals surface area contributed by atoms with Crippen LogP contribution in [0.3, 0.4) is 0 Å². The second-order valence-electron chi connectivity index (χ2n) is 5.60. The highest BCUT2D eigenvalue weighted by Gasteiger charge is 2.39. The number of anilines is 1. The fraction of sp³-hybridized carbons (Fsp3) is 0.562. The first kappa shape index (κ1) is 13.3. The Hall–Kier alpha value is -1.71. The maximum atomic E-state index is 12.5. The zero-order valence-electron chi connectivity index (χ0n) is 12.0. The molecule has 2 fully saturated rings. The second-order valence-corrected chi connectivity index (χ2v) is 5.60. The lowest BCUT2D eigenvalue weighted by atomic mass is 10.1. The minimum Gasteiger partial charge on any atom is -0.492 e. The molecule has 4 heteroatoms. The van der Waals surface area contributed by atoms with Crippen LogP contribution in [0.25, 0.3) is 0 Å². The molecule has 4 nitrogen and oxygen atoms in total. The van der Waals surface area contributed by atoms with Gasteiger partial charge >= 0.3 is 6.03 Å². The molecule has 2 atom stereocenters. The third kappa shape index (κ3) is 2.47. The number of benzene rings is 1. The van der Waals surface area contributed by atoms with Gasteiger partial charge in [0, 0.05) is 12.6 Å². The number of nitrogens with zero attached hydrogens (tertiary/aromatic N) is 1. The zero-order valence-corrected chi connectivity index (χ0v) is 12.0. The Morgan fingerprint density at radius 2 is 2.20 bits per heavy atom. The lowest BCUT2D eigenvalue weighted by molar-refractivity contribution is 0.203. The number of para-hydroxylation sites is 2. The molecule has 0 unspecified atom stereocenters. The number of ether oxygens (including phenoxy) is 1. The van der Waals surface area contributed by atoms with Crippen LogP contribution in [0.1, 0.15) is 32.6 Å². The molecular weight excluding hydrogens is 252 g/mol. The third-order valence-electron chi connectivity index (χ3n) is 4.45. The average molecular weight is 274 g/mol. The lowest BCUT2D eigenvalue weighted by Crippen LogP contribution is -2.39. The summed E-state index contributed by atoms with van der Waals surface area (Å²) in [4.78, 5) is 14.5. The topological polar surface area (TPSA) is 41.6 Å². The first-order valence-electron chi connectivity index (χ1n) is 7.59. The second kappa shape index (κ2) is 5.73. The summed E-state index contributed by atoms with van der Waals surface area (Å²) < 4.78 is 5.55. The summed E-state index contributed by atoms with van der Waals surface area (Å²) in [7, 11) is 0. The number of urea groups is 1.